The minimum absolute atomic E-state index is 0.00807. The lowest BCUT2D eigenvalue weighted by Gasteiger charge is -2.40. The van der Waals surface area contributed by atoms with Gasteiger partial charge in [-0.15, -0.1) is 0 Å². The molecule has 0 spiro atoms. The first-order valence-electron chi connectivity index (χ1n) is 12.8. The van der Waals surface area contributed by atoms with Gasteiger partial charge in [-0.2, -0.15) is 0 Å². The molecule has 1 aliphatic rings. The van der Waals surface area contributed by atoms with Gasteiger partial charge in [-0.3, -0.25) is 19.7 Å². The van der Waals surface area contributed by atoms with E-state index < -0.39 is 28.7 Å². The number of aromatic nitrogens is 2. The number of ether oxygens (including phenoxy) is 2. The predicted octanol–water partition coefficient (Wildman–Crippen LogP) is 3.80. The van der Waals surface area contributed by atoms with Crippen LogP contribution in [0, 0.1) is 17.0 Å². The minimum Gasteiger partial charge on any atom is -0.460 e. The van der Waals surface area contributed by atoms with Gasteiger partial charge in [0.05, 0.1) is 27.8 Å². The van der Waals surface area contributed by atoms with Crippen LogP contribution in [0.4, 0.5) is 5.69 Å². The molecule has 1 unspecified atom stereocenters. The molecule has 1 aromatic heterocycles. The molecular formula is C28H28ClN5O7. The molecule has 1 atom stereocenters. The molecule has 3 aromatic rings. The van der Waals surface area contributed by atoms with E-state index in [1.54, 1.807) is 30.9 Å². The van der Waals surface area contributed by atoms with Gasteiger partial charge in [-0.1, -0.05) is 41.9 Å². The largest absolute Gasteiger partial charge is 0.460 e. The Balaban J connectivity index is 1.60. The lowest BCUT2D eigenvalue weighted by atomic mass is 10.1. The first kappa shape index (κ1) is 29.6. The summed E-state index contributed by atoms with van der Waals surface area (Å²) in [5.41, 5.74) is 0.747. The molecule has 1 fully saturated rings. The molecule has 12 nitrogen and oxygen atoms in total. The average molecular weight is 582 g/mol. The molecule has 2 aromatic carbocycles. The molecule has 2 amide bonds. The summed E-state index contributed by atoms with van der Waals surface area (Å²) in [6.07, 6.45) is 0. The van der Waals surface area contributed by atoms with Crippen molar-refractivity contribution in [2.75, 3.05) is 40.0 Å². The molecule has 0 bridgehead atoms. The van der Waals surface area contributed by atoms with E-state index >= 15 is 0 Å². The number of hydrogen-bond acceptors (Lipinski definition) is 9. The number of carbonyl (C=O) groups is 3. The topological polar surface area (TPSA) is 145 Å². The molecule has 0 radical (unpaired) electrons. The molecule has 0 saturated carbocycles. The van der Waals surface area contributed by atoms with Crippen LogP contribution in [0.2, 0.25) is 5.02 Å². The minimum atomic E-state index is -0.739. The smallest absolute Gasteiger partial charge is 0.342 e. The first-order chi connectivity index (χ1) is 19.6. The summed E-state index contributed by atoms with van der Waals surface area (Å²) in [6, 6.07) is 12.3. The number of nitrogens with zero attached hydrogens (tertiary/aromatic N) is 5. The third kappa shape index (κ3) is 6.50. The summed E-state index contributed by atoms with van der Waals surface area (Å²) in [4.78, 5) is 62.6. The highest BCUT2D eigenvalue weighted by Gasteiger charge is 2.35. The fourth-order valence-electron chi connectivity index (χ4n) is 4.52. The molecule has 1 aliphatic heterocycles. The van der Waals surface area contributed by atoms with Crippen LogP contribution < -0.4 is 0 Å². The standard InChI is InChI=1S/C28H28ClN5O7/c1-17-16-32(11-12-33(17)26(35)21-10-9-20(34(38)39)15-22(21)29)27(36)24-23(28(37)41-14-13-40-3)18(2)30-25(31-24)19-7-5-4-6-8-19/h4-10,15,17H,11-14,16H2,1-3H3. The SMILES string of the molecule is COCCOC(=O)c1c(C)nc(-c2ccccc2)nc1C(=O)N1CCN(C(=O)c2ccc([N+](=O)[O-])cc2Cl)C(C)C1. The number of non-ortho nitro benzene ring substituents is 1. The van der Waals surface area contributed by atoms with Crippen LogP contribution in [0.1, 0.15) is 43.8 Å². The molecule has 2 heterocycles. The van der Waals surface area contributed by atoms with Crippen LogP contribution in [-0.2, 0) is 9.47 Å². The maximum atomic E-state index is 13.9. The van der Waals surface area contributed by atoms with Crippen LogP contribution in [-0.4, -0.2) is 88.5 Å². The number of aryl methyl sites for hydroxylation is 1. The van der Waals surface area contributed by atoms with Gasteiger partial charge in [-0.05, 0) is 19.9 Å². The lowest BCUT2D eigenvalue weighted by molar-refractivity contribution is -0.384. The van der Waals surface area contributed by atoms with Crippen LogP contribution in [0.15, 0.2) is 48.5 Å². The normalized spacial score (nSPS) is 15.0. The second-order valence-electron chi connectivity index (χ2n) is 9.37. The summed E-state index contributed by atoms with van der Waals surface area (Å²) in [6.45, 7) is 4.04. The molecule has 13 heteroatoms. The highest BCUT2D eigenvalue weighted by atomic mass is 35.5. The Morgan fingerprint density at radius 1 is 1.07 bits per heavy atom. The van der Waals surface area contributed by atoms with Gasteiger partial charge in [0.1, 0.15) is 17.9 Å². The number of esters is 1. The van der Waals surface area contributed by atoms with E-state index in [2.05, 4.69) is 9.97 Å². The number of nitro groups is 1. The summed E-state index contributed by atoms with van der Waals surface area (Å²) in [5, 5.41) is 11.0. The number of rotatable bonds is 8. The van der Waals surface area contributed by atoms with E-state index in [9.17, 15) is 24.5 Å². The Kier molecular flexibility index (Phi) is 9.25. The quantitative estimate of drug-likeness (QED) is 0.168. The Morgan fingerprint density at radius 3 is 2.44 bits per heavy atom. The van der Waals surface area contributed by atoms with E-state index in [0.29, 0.717) is 11.3 Å². The Hall–Kier alpha value is -4.42. The number of amides is 2. The maximum Gasteiger partial charge on any atom is 0.342 e. The third-order valence-electron chi connectivity index (χ3n) is 6.62. The maximum absolute atomic E-state index is 13.9. The molecular weight excluding hydrogens is 554 g/mol. The Bertz CT molecular complexity index is 1480. The van der Waals surface area contributed by atoms with E-state index in [-0.39, 0.29) is 66.2 Å². The summed E-state index contributed by atoms with van der Waals surface area (Å²) in [5.74, 6) is -1.36. The van der Waals surface area contributed by atoms with Crippen molar-refractivity contribution in [3.05, 3.63) is 86.2 Å². The summed E-state index contributed by atoms with van der Waals surface area (Å²) in [7, 11) is 1.48. The molecule has 0 N–H and O–H groups in total. The number of piperazine rings is 1. The zero-order chi connectivity index (χ0) is 29.7. The van der Waals surface area contributed by atoms with Gasteiger partial charge < -0.3 is 19.3 Å². The number of nitro benzene ring substituents is 1. The molecule has 41 heavy (non-hydrogen) atoms. The van der Waals surface area contributed by atoms with E-state index in [0.717, 1.165) is 6.07 Å². The summed E-state index contributed by atoms with van der Waals surface area (Å²) >= 11 is 6.18. The monoisotopic (exact) mass is 581 g/mol. The highest BCUT2D eigenvalue weighted by molar-refractivity contribution is 6.34. The van der Waals surface area contributed by atoms with Gasteiger partial charge in [0.15, 0.2) is 5.82 Å². The van der Waals surface area contributed by atoms with Crippen LogP contribution in [0.25, 0.3) is 11.4 Å². The van der Waals surface area contributed by atoms with Crippen molar-refractivity contribution in [1.29, 1.82) is 0 Å². The predicted molar refractivity (Wildman–Crippen MR) is 149 cm³/mol. The number of hydrogen-bond donors (Lipinski definition) is 0. The van der Waals surface area contributed by atoms with Crippen LogP contribution >= 0.6 is 11.6 Å². The molecule has 214 valence electrons. The lowest BCUT2D eigenvalue weighted by Crippen LogP contribution is -2.55. The molecule has 0 aliphatic carbocycles. The first-order valence-corrected chi connectivity index (χ1v) is 13.1. The van der Waals surface area contributed by atoms with E-state index in [1.165, 1.54) is 24.1 Å². The zero-order valence-corrected chi connectivity index (χ0v) is 23.5. The fraction of sp³-hybridized carbons (Fsp3) is 0.321. The van der Waals surface area contributed by atoms with Crippen molar-refractivity contribution in [3.8, 4) is 11.4 Å². The zero-order valence-electron chi connectivity index (χ0n) is 22.7. The number of carbonyl (C=O) groups excluding carboxylic acids is 3. The van der Waals surface area contributed by atoms with Crippen molar-refractivity contribution in [2.45, 2.75) is 19.9 Å². The van der Waals surface area contributed by atoms with Crippen LogP contribution in [0.3, 0.4) is 0 Å². The Morgan fingerprint density at radius 2 is 1.80 bits per heavy atom. The van der Waals surface area contributed by atoms with Gasteiger partial charge in [0, 0.05) is 50.5 Å². The number of methoxy groups -OCH3 is 1. The summed E-state index contributed by atoms with van der Waals surface area (Å²) < 4.78 is 10.3. The molecule has 4 rings (SSSR count). The average Bonchev–Trinajstić information content (AvgIpc) is 2.96. The van der Waals surface area contributed by atoms with Crippen LogP contribution in [0.5, 0.6) is 0 Å². The molecule has 1 saturated heterocycles. The van der Waals surface area contributed by atoms with Gasteiger partial charge in [0.2, 0.25) is 0 Å². The highest BCUT2D eigenvalue weighted by Crippen LogP contribution is 2.26. The number of halogens is 1. The van der Waals surface area contributed by atoms with Crippen molar-refractivity contribution in [2.24, 2.45) is 0 Å². The van der Waals surface area contributed by atoms with E-state index in [1.807, 2.05) is 18.2 Å². The Labute approximate surface area is 241 Å². The van der Waals surface area contributed by atoms with Gasteiger partial charge in [0.25, 0.3) is 17.5 Å². The number of benzene rings is 2. The third-order valence-corrected chi connectivity index (χ3v) is 6.93. The van der Waals surface area contributed by atoms with Crippen molar-refractivity contribution >= 4 is 35.1 Å². The van der Waals surface area contributed by atoms with E-state index in [4.69, 9.17) is 21.1 Å². The van der Waals surface area contributed by atoms with Crippen molar-refractivity contribution in [3.63, 3.8) is 0 Å². The van der Waals surface area contributed by atoms with Crippen molar-refractivity contribution in [1.82, 2.24) is 19.8 Å². The fourth-order valence-corrected chi connectivity index (χ4v) is 4.77. The second kappa shape index (κ2) is 12.8. The second-order valence-corrected chi connectivity index (χ2v) is 9.78. The van der Waals surface area contributed by atoms with Crippen molar-refractivity contribution < 1.29 is 28.8 Å². The van der Waals surface area contributed by atoms with Gasteiger partial charge >= 0.3 is 5.97 Å². The van der Waals surface area contributed by atoms with Gasteiger partial charge in [-0.25, -0.2) is 14.8 Å².